The fraction of sp³-hybridized carbons (Fsp3) is 0.400. The van der Waals surface area contributed by atoms with Gasteiger partial charge in [0.25, 0.3) is 0 Å². The van der Waals surface area contributed by atoms with E-state index in [9.17, 15) is 18.0 Å². The molecule has 4 rings (SSSR count). The van der Waals surface area contributed by atoms with Gasteiger partial charge in [-0.15, -0.1) is 0 Å². The Labute approximate surface area is 175 Å². The highest BCUT2D eigenvalue weighted by atomic mass is 35.5. The quantitative estimate of drug-likeness (QED) is 0.617. The van der Waals surface area contributed by atoms with Crippen LogP contribution in [0.15, 0.2) is 30.9 Å². The number of fused-ring (bicyclic) bond motifs is 1. The van der Waals surface area contributed by atoms with E-state index in [1.165, 1.54) is 6.20 Å². The van der Waals surface area contributed by atoms with Crippen molar-refractivity contribution in [2.75, 3.05) is 6.54 Å². The Morgan fingerprint density at radius 3 is 2.73 bits per heavy atom. The van der Waals surface area contributed by atoms with Gasteiger partial charge in [-0.25, -0.2) is 9.97 Å². The molecule has 158 valence electrons. The largest absolute Gasteiger partial charge is 0.405 e. The van der Waals surface area contributed by atoms with Gasteiger partial charge < -0.3 is 10.3 Å². The molecular weight excluding hydrogens is 419 g/mol. The highest BCUT2D eigenvalue weighted by Gasteiger charge is 2.42. The molecule has 0 aromatic carbocycles. The van der Waals surface area contributed by atoms with Crippen LogP contribution in [0.1, 0.15) is 31.4 Å². The van der Waals surface area contributed by atoms with Crippen LogP contribution in [-0.4, -0.2) is 38.6 Å². The summed E-state index contributed by atoms with van der Waals surface area (Å²) in [5, 5.41) is 3.33. The molecule has 10 heteroatoms. The van der Waals surface area contributed by atoms with Crippen LogP contribution in [0.5, 0.6) is 0 Å². The fourth-order valence-corrected chi connectivity index (χ4v) is 4.22. The summed E-state index contributed by atoms with van der Waals surface area (Å²) in [7, 11) is 0. The number of halogens is 4. The molecule has 1 saturated carbocycles. The van der Waals surface area contributed by atoms with Crippen LogP contribution in [0.3, 0.4) is 0 Å². The van der Waals surface area contributed by atoms with Gasteiger partial charge in [-0.05, 0) is 18.9 Å². The molecule has 0 saturated heterocycles. The van der Waals surface area contributed by atoms with Crippen molar-refractivity contribution >= 4 is 28.5 Å². The van der Waals surface area contributed by atoms with Crippen LogP contribution in [0.25, 0.3) is 22.3 Å². The van der Waals surface area contributed by atoms with Gasteiger partial charge >= 0.3 is 6.18 Å². The van der Waals surface area contributed by atoms with Crippen molar-refractivity contribution in [2.45, 2.75) is 38.3 Å². The maximum absolute atomic E-state index is 12.7. The van der Waals surface area contributed by atoms with Gasteiger partial charge in [-0.1, -0.05) is 24.4 Å². The van der Waals surface area contributed by atoms with E-state index in [-0.39, 0.29) is 6.42 Å². The molecule has 0 bridgehead atoms. The summed E-state index contributed by atoms with van der Waals surface area (Å²) < 4.78 is 37.7. The van der Waals surface area contributed by atoms with E-state index in [1.54, 1.807) is 24.7 Å². The van der Waals surface area contributed by atoms with Crippen LogP contribution in [-0.2, 0) is 11.2 Å². The lowest BCUT2D eigenvalue weighted by atomic mass is 9.80. The Kier molecular flexibility index (Phi) is 5.40. The van der Waals surface area contributed by atoms with Gasteiger partial charge in [0.05, 0.1) is 28.0 Å². The smallest absolute Gasteiger partial charge is 0.346 e. The molecule has 0 atom stereocenters. The second-order valence-corrected chi connectivity index (χ2v) is 8.05. The number of nitrogens with one attached hydrogen (secondary N) is 2. The topological polar surface area (TPSA) is 83.6 Å². The molecule has 3 heterocycles. The number of hydrogen-bond acceptors (Lipinski definition) is 4. The van der Waals surface area contributed by atoms with Gasteiger partial charge in [-0.2, -0.15) is 13.2 Å². The SMILES string of the molecule is O=C(NCC(F)(F)F)C1(Cc2cncc(-c3c[nH]c4ncc(Cl)cc34)n2)CCCC1. The fourth-order valence-electron chi connectivity index (χ4n) is 4.06. The van der Waals surface area contributed by atoms with E-state index in [1.807, 2.05) is 0 Å². The Bertz CT molecular complexity index is 1080. The first-order valence-corrected chi connectivity index (χ1v) is 9.93. The Morgan fingerprint density at radius 1 is 1.23 bits per heavy atom. The number of rotatable bonds is 5. The zero-order chi connectivity index (χ0) is 21.4. The number of carbonyl (C=O) groups is 1. The lowest BCUT2D eigenvalue weighted by molar-refractivity contribution is -0.144. The number of hydrogen-bond donors (Lipinski definition) is 2. The Morgan fingerprint density at radius 2 is 2.00 bits per heavy atom. The average molecular weight is 438 g/mol. The number of carbonyl (C=O) groups excluding carboxylic acids is 1. The van der Waals surface area contributed by atoms with E-state index in [0.717, 1.165) is 23.8 Å². The second-order valence-electron chi connectivity index (χ2n) is 7.61. The third kappa shape index (κ3) is 4.26. The predicted octanol–water partition coefficient (Wildman–Crippen LogP) is 4.45. The Balaban J connectivity index is 1.61. The number of amides is 1. The van der Waals surface area contributed by atoms with Gasteiger partial charge in [0.1, 0.15) is 12.2 Å². The standard InChI is InChI=1S/C20H19ClF3N5O/c21-12-5-14-15(9-27-17(14)26-7-12)16-10-25-8-13(29-16)6-19(3-1-2-4-19)18(30)28-11-20(22,23)24/h5,7-10H,1-4,6,11H2,(H,26,27)(H,28,30). The minimum Gasteiger partial charge on any atom is -0.346 e. The molecule has 3 aromatic heterocycles. The van der Waals surface area contributed by atoms with Crippen LogP contribution in [0.2, 0.25) is 5.02 Å². The average Bonchev–Trinajstić information content (AvgIpc) is 3.33. The minimum atomic E-state index is -4.44. The van der Waals surface area contributed by atoms with Crippen molar-refractivity contribution in [2.24, 2.45) is 5.41 Å². The first-order valence-electron chi connectivity index (χ1n) is 9.55. The van der Waals surface area contributed by atoms with Crippen LogP contribution >= 0.6 is 11.6 Å². The number of aromatic nitrogens is 4. The van der Waals surface area contributed by atoms with E-state index < -0.39 is 24.0 Å². The third-order valence-electron chi connectivity index (χ3n) is 5.47. The summed E-state index contributed by atoms with van der Waals surface area (Å²) in [5.74, 6) is -0.576. The van der Waals surface area contributed by atoms with E-state index >= 15 is 0 Å². The summed E-state index contributed by atoms with van der Waals surface area (Å²) in [6, 6.07) is 1.77. The first-order chi connectivity index (χ1) is 14.3. The third-order valence-corrected chi connectivity index (χ3v) is 5.68. The lowest BCUT2D eigenvalue weighted by Crippen LogP contribution is -2.44. The molecular formula is C20H19ClF3N5O. The van der Waals surface area contributed by atoms with Crippen molar-refractivity contribution < 1.29 is 18.0 Å². The second kappa shape index (κ2) is 7.86. The summed E-state index contributed by atoms with van der Waals surface area (Å²) in [4.78, 5) is 28.8. The monoisotopic (exact) mass is 437 g/mol. The van der Waals surface area contributed by atoms with E-state index in [0.29, 0.717) is 34.9 Å². The number of pyridine rings is 1. The minimum absolute atomic E-state index is 0.235. The van der Waals surface area contributed by atoms with Gasteiger partial charge in [0.2, 0.25) is 5.91 Å². The molecule has 1 fully saturated rings. The van der Waals surface area contributed by atoms with Gasteiger partial charge in [0.15, 0.2) is 0 Å². The molecule has 1 aliphatic carbocycles. The number of alkyl halides is 3. The van der Waals surface area contributed by atoms with Crippen molar-refractivity contribution in [3.8, 4) is 11.3 Å². The van der Waals surface area contributed by atoms with Crippen molar-refractivity contribution in [1.29, 1.82) is 0 Å². The molecule has 6 nitrogen and oxygen atoms in total. The van der Waals surface area contributed by atoms with Crippen LogP contribution in [0, 0.1) is 5.41 Å². The highest BCUT2D eigenvalue weighted by Crippen LogP contribution is 2.41. The normalized spacial score (nSPS) is 16.1. The summed E-state index contributed by atoms with van der Waals surface area (Å²) in [5.41, 5.74) is 1.65. The summed E-state index contributed by atoms with van der Waals surface area (Å²) in [6.07, 6.45) is 4.86. The number of aromatic amines is 1. The molecule has 3 aromatic rings. The summed E-state index contributed by atoms with van der Waals surface area (Å²) >= 11 is 6.06. The zero-order valence-electron chi connectivity index (χ0n) is 15.9. The van der Waals surface area contributed by atoms with Gasteiger partial charge in [-0.3, -0.25) is 9.78 Å². The van der Waals surface area contributed by atoms with Crippen molar-refractivity contribution in [3.63, 3.8) is 0 Å². The number of nitrogens with zero attached hydrogens (tertiary/aromatic N) is 3. The molecule has 0 aliphatic heterocycles. The molecule has 2 N–H and O–H groups in total. The molecule has 30 heavy (non-hydrogen) atoms. The summed E-state index contributed by atoms with van der Waals surface area (Å²) in [6.45, 7) is -1.33. The molecule has 0 spiro atoms. The van der Waals surface area contributed by atoms with Crippen molar-refractivity contribution in [1.82, 2.24) is 25.3 Å². The van der Waals surface area contributed by atoms with Gasteiger partial charge in [0, 0.05) is 36.0 Å². The van der Waals surface area contributed by atoms with E-state index in [4.69, 9.17) is 11.6 Å². The van der Waals surface area contributed by atoms with Crippen LogP contribution < -0.4 is 5.32 Å². The Hall–Kier alpha value is -2.68. The molecule has 0 unspecified atom stereocenters. The lowest BCUT2D eigenvalue weighted by Gasteiger charge is -2.27. The molecule has 1 amide bonds. The maximum atomic E-state index is 12.7. The number of H-pyrrole nitrogens is 1. The van der Waals surface area contributed by atoms with Crippen LogP contribution in [0.4, 0.5) is 13.2 Å². The zero-order valence-corrected chi connectivity index (χ0v) is 16.6. The van der Waals surface area contributed by atoms with E-state index in [2.05, 4.69) is 25.3 Å². The molecule has 1 aliphatic rings. The first kappa shape index (κ1) is 20.6. The molecule has 0 radical (unpaired) electrons. The highest BCUT2D eigenvalue weighted by molar-refractivity contribution is 6.31. The maximum Gasteiger partial charge on any atom is 0.405 e. The van der Waals surface area contributed by atoms with Crippen molar-refractivity contribution in [3.05, 3.63) is 41.6 Å². The predicted molar refractivity (Wildman–Crippen MR) is 106 cm³/mol.